The van der Waals surface area contributed by atoms with Gasteiger partial charge in [0.05, 0.1) is 26.4 Å². The van der Waals surface area contributed by atoms with Gasteiger partial charge in [-0.1, -0.05) is 265 Å². The molecule has 0 saturated carbocycles. The number of carbonyl (C=O) groups excluding carboxylic acids is 4. The van der Waals surface area contributed by atoms with Crippen LogP contribution in [0, 0.1) is 0 Å². The van der Waals surface area contributed by atoms with Crippen LogP contribution in [0.3, 0.4) is 0 Å². The van der Waals surface area contributed by atoms with E-state index in [0.717, 1.165) is 141 Å². The first kappa shape index (κ1) is 93.7. The van der Waals surface area contributed by atoms with E-state index in [2.05, 4.69) is 137 Å². The van der Waals surface area contributed by atoms with Crippen molar-refractivity contribution in [3.8, 4) is 0 Å². The predicted molar refractivity (Wildman–Crippen MR) is 399 cm³/mol. The number of ether oxygens (including phenoxy) is 4. The molecule has 0 aromatic heterocycles. The highest BCUT2D eigenvalue weighted by molar-refractivity contribution is 7.47. The molecule has 0 heterocycles. The lowest BCUT2D eigenvalue weighted by Gasteiger charge is -2.21. The number of hydrogen-bond donors (Lipinski definition) is 3. The van der Waals surface area contributed by atoms with Gasteiger partial charge >= 0.3 is 39.5 Å². The number of allylic oxidation sites excluding steroid dienone is 18. The molecule has 98 heavy (non-hydrogen) atoms. The molecular weight excluding hydrogens is 1280 g/mol. The minimum Gasteiger partial charge on any atom is -0.462 e. The van der Waals surface area contributed by atoms with Crippen molar-refractivity contribution in [2.75, 3.05) is 39.6 Å². The first-order chi connectivity index (χ1) is 47.7. The van der Waals surface area contributed by atoms with E-state index < -0.39 is 97.5 Å². The first-order valence-corrected chi connectivity index (χ1v) is 41.1. The lowest BCUT2D eigenvalue weighted by Crippen LogP contribution is -2.30. The maximum Gasteiger partial charge on any atom is 0.472 e. The molecule has 0 aliphatic rings. The van der Waals surface area contributed by atoms with Gasteiger partial charge in [0.2, 0.25) is 0 Å². The molecule has 0 amide bonds. The van der Waals surface area contributed by atoms with Gasteiger partial charge in [-0.25, -0.2) is 9.13 Å². The summed E-state index contributed by atoms with van der Waals surface area (Å²) in [7, 11) is -9.97. The van der Waals surface area contributed by atoms with Crippen LogP contribution in [0.4, 0.5) is 0 Å². The fraction of sp³-hybridized carbons (Fsp3) is 0.722. The number of esters is 4. The Labute approximate surface area is 594 Å². The maximum atomic E-state index is 13.1. The number of phosphoric acid groups is 2. The third kappa shape index (κ3) is 70.2. The largest absolute Gasteiger partial charge is 0.472 e. The molecule has 5 unspecified atom stereocenters. The van der Waals surface area contributed by atoms with Crippen LogP contribution in [0.1, 0.15) is 310 Å². The number of carbonyl (C=O) groups is 4. The van der Waals surface area contributed by atoms with E-state index in [-0.39, 0.29) is 25.7 Å². The van der Waals surface area contributed by atoms with Crippen molar-refractivity contribution >= 4 is 39.5 Å². The molecule has 5 atom stereocenters. The quantitative estimate of drug-likeness (QED) is 0.0169. The summed E-state index contributed by atoms with van der Waals surface area (Å²) in [6.07, 6.45) is 75.2. The summed E-state index contributed by atoms with van der Waals surface area (Å²) in [6, 6.07) is 0. The van der Waals surface area contributed by atoms with Gasteiger partial charge in [0.1, 0.15) is 19.3 Å². The Morgan fingerprint density at radius 1 is 0.296 bits per heavy atom. The van der Waals surface area contributed by atoms with Crippen molar-refractivity contribution in [3.05, 3.63) is 109 Å². The second-order valence-corrected chi connectivity index (χ2v) is 28.1. The molecule has 19 heteroatoms. The highest BCUT2D eigenvalue weighted by atomic mass is 31.2. The van der Waals surface area contributed by atoms with E-state index in [1.807, 2.05) is 0 Å². The number of hydrogen-bond acceptors (Lipinski definition) is 15. The standard InChI is InChI=1S/C79H136O17P2/c1-5-9-13-17-21-25-29-33-36-40-43-47-51-55-59-63-76(81)89-69-74(95-78(83)65-61-57-53-49-45-39-32-28-24-20-16-12-8-4)71-93-97(85,86)91-67-73(80)68-92-98(87,88)94-72-75(96-79(84)66-62-58-54-50-46-42-38-35-31-27-23-19-15-11-7-3)70-90-77(82)64-60-56-52-48-44-41-37-34-30-26-22-18-14-10-6-2/h9-10,13-14,21-22,25-26,33-38,43-44,47-48,73-75,80H,5-8,11-12,15-20,23-24,27-32,39-42,45-46,49-72H2,1-4H3,(H,85,86)(H,87,88)/b13-9-,14-10-,25-21-,26-22-,36-33-,37-34-,38-35-,47-43-,48-44-. The van der Waals surface area contributed by atoms with Crippen LogP contribution in [0.5, 0.6) is 0 Å². The van der Waals surface area contributed by atoms with Gasteiger partial charge in [-0.15, -0.1) is 0 Å². The summed E-state index contributed by atoms with van der Waals surface area (Å²) < 4.78 is 68.4. The molecular formula is C79H136O17P2. The number of rotatable bonds is 71. The SMILES string of the molecule is CC/C=C\C/C=C\C/C=C\C/C=C\CCCCC(=O)OCC(COP(=O)(O)OCC(O)COP(=O)(O)OCC(COC(=O)CCCC/C=C\C/C=C\C/C=C\C/C=C\CC)OC(=O)CCCCCCCCCCCCCCC)OC(=O)CCCCCCC/C=C\CCCCCCCC. The van der Waals surface area contributed by atoms with E-state index in [4.69, 9.17) is 37.0 Å². The van der Waals surface area contributed by atoms with Crippen LogP contribution in [0.2, 0.25) is 0 Å². The molecule has 0 aromatic carbocycles. The summed E-state index contributed by atoms with van der Waals surface area (Å²) in [5.41, 5.74) is 0. The van der Waals surface area contributed by atoms with Crippen molar-refractivity contribution < 1.29 is 80.2 Å². The molecule has 0 bridgehead atoms. The minimum absolute atomic E-state index is 0.0746. The van der Waals surface area contributed by atoms with Gasteiger partial charge in [0.25, 0.3) is 0 Å². The van der Waals surface area contributed by atoms with E-state index in [1.165, 1.54) is 89.9 Å². The second kappa shape index (κ2) is 71.1. The van der Waals surface area contributed by atoms with Gasteiger partial charge in [-0.05, 0) is 128 Å². The fourth-order valence-corrected chi connectivity index (χ4v) is 11.5. The molecule has 0 saturated heterocycles. The molecule has 3 N–H and O–H groups in total. The summed E-state index contributed by atoms with van der Waals surface area (Å²) >= 11 is 0. The molecule has 0 rings (SSSR count). The van der Waals surface area contributed by atoms with Crippen molar-refractivity contribution in [1.29, 1.82) is 0 Å². The summed E-state index contributed by atoms with van der Waals surface area (Å²) in [5.74, 6) is -2.27. The van der Waals surface area contributed by atoms with Crippen LogP contribution in [0.15, 0.2) is 109 Å². The molecule has 564 valence electrons. The topological polar surface area (TPSA) is 237 Å². The van der Waals surface area contributed by atoms with Gasteiger partial charge in [-0.2, -0.15) is 0 Å². The molecule has 0 spiro atoms. The first-order valence-electron chi connectivity index (χ1n) is 38.1. The molecule has 0 radical (unpaired) electrons. The summed E-state index contributed by atoms with van der Waals surface area (Å²) in [5, 5.41) is 10.6. The van der Waals surface area contributed by atoms with Gasteiger partial charge in [0.15, 0.2) is 12.2 Å². The highest BCUT2D eigenvalue weighted by Crippen LogP contribution is 2.45. The van der Waals surface area contributed by atoms with Gasteiger partial charge in [0, 0.05) is 25.7 Å². The van der Waals surface area contributed by atoms with Crippen LogP contribution < -0.4 is 0 Å². The van der Waals surface area contributed by atoms with E-state index in [0.29, 0.717) is 25.7 Å². The van der Waals surface area contributed by atoms with E-state index >= 15 is 0 Å². The van der Waals surface area contributed by atoms with Gasteiger partial charge in [-0.3, -0.25) is 37.3 Å². The average Bonchev–Trinajstić information content (AvgIpc) is 1.04. The van der Waals surface area contributed by atoms with E-state index in [9.17, 15) is 43.2 Å². The predicted octanol–water partition coefficient (Wildman–Crippen LogP) is 21.8. The van der Waals surface area contributed by atoms with E-state index in [1.54, 1.807) is 0 Å². The third-order valence-corrected chi connectivity index (χ3v) is 17.6. The monoisotopic (exact) mass is 1420 g/mol. The average molecular weight is 1420 g/mol. The highest BCUT2D eigenvalue weighted by Gasteiger charge is 2.30. The van der Waals surface area contributed by atoms with Crippen molar-refractivity contribution in [1.82, 2.24) is 0 Å². The molecule has 0 fully saturated rings. The summed E-state index contributed by atoms with van der Waals surface area (Å²) in [6.45, 7) is 4.55. The molecule has 0 aliphatic carbocycles. The van der Waals surface area contributed by atoms with Crippen LogP contribution in [-0.4, -0.2) is 96.7 Å². The maximum absolute atomic E-state index is 13.1. The molecule has 0 aliphatic heterocycles. The Hall–Kier alpha value is -4.28. The Morgan fingerprint density at radius 2 is 0.531 bits per heavy atom. The van der Waals surface area contributed by atoms with Crippen molar-refractivity contribution in [3.63, 3.8) is 0 Å². The lowest BCUT2D eigenvalue weighted by molar-refractivity contribution is -0.161. The van der Waals surface area contributed by atoms with Crippen LogP contribution in [-0.2, 0) is 65.4 Å². The minimum atomic E-state index is -4.99. The number of aliphatic hydroxyl groups is 1. The Bertz CT molecular complexity index is 2290. The number of phosphoric ester groups is 2. The van der Waals surface area contributed by atoms with Crippen molar-refractivity contribution in [2.24, 2.45) is 0 Å². The zero-order valence-corrected chi connectivity index (χ0v) is 63.2. The number of aliphatic hydroxyl groups excluding tert-OH is 1. The molecule has 0 aromatic rings. The smallest absolute Gasteiger partial charge is 0.462 e. The van der Waals surface area contributed by atoms with Gasteiger partial charge < -0.3 is 33.8 Å². The normalized spacial score (nSPS) is 14.6. The second-order valence-electron chi connectivity index (χ2n) is 25.2. The molecule has 17 nitrogen and oxygen atoms in total. The number of unbranched alkanes of at least 4 members (excludes halogenated alkanes) is 27. The zero-order chi connectivity index (χ0) is 71.8. The Kier molecular flexibility index (Phi) is 68.0. The van der Waals surface area contributed by atoms with Crippen molar-refractivity contribution in [2.45, 2.75) is 329 Å². The lowest BCUT2D eigenvalue weighted by atomic mass is 10.0. The summed E-state index contributed by atoms with van der Waals surface area (Å²) in [4.78, 5) is 72.8. The Morgan fingerprint density at radius 3 is 0.847 bits per heavy atom. The third-order valence-electron chi connectivity index (χ3n) is 15.7. The zero-order valence-electron chi connectivity index (χ0n) is 61.4. The fourth-order valence-electron chi connectivity index (χ4n) is 9.96. The Balaban J connectivity index is 5.41. The van der Waals surface area contributed by atoms with Crippen LogP contribution >= 0.6 is 15.6 Å². The van der Waals surface area contributed by atoms with Crippen LogP contribution in [0.25, 0.3) is 0 Å².